The van der Waals surface area contributed by atoms with Crippen LogP contribution in [-0.4, -0.2) is 18.7 Å². The first-order chi connectivity index (χ1) is 16.9. The van der Waals surface area contributed by atoms with Gasteiger partial charge in [0.15, 0.2) is 11.6 Å². The molecule has 0 atom stereocenters. The molecule has 2 saturated carbocycles. The molecule has 4 rings (SSSR count). The molecule has 2 aliphatic rings. The van der Waals surface area contributed by atoms with Crippen molar-refractivity contribution in [1.29, 1.82) is 0 Å². The Morgan fingerprint density at radius 1 is 0.914 bits per heavy atom. The molecule has 0 spiro atoms. The van der Waals surface area contributed by atoms with Crippen molar-refractivity contribution in [3.63, 3.8) is 0 Å². The molecule has 0 radical (unpaired) electrons. The Morgan fingerprint density at radius 2 is 1.54 bits per heavy atom. The Balaban J connectivity index is 1.35. The van der Waals surface area contributed by atoms with Crippen LogP contribution in [0.25, 0.3) is 0 Å². The minimum atomic E-state index is -1.14. The third-order valence-electron chi connectivity index (χ3n) is 7.55. The Bertz CT molecular complexity index is 1050. The smallest absolute Gasteiger partial charge is 0.341 e. The van der Waals surface area contributed by atoms with E-state index in [1.54, 1.807) is 12.1 Å². The maximum Gasteiger partial charge on any atom is 0.341 e. The number of benzene rings is 2. The number of allylic oxidation sites excluding steroid dienone is 1. The van der Waals surface area contributed by atoms with Gasteiger partial charge in [0, 0.05) is 6.07 Å². The molecular weight excluding hydrogens is 453 g/mol. The highest BCUT2D eigenvalue weighted by Crippen LogP contribution is 2.39. The van der Waals surface area contributed by atoms with E-state index < -0.39 is 23.7 Å². The second-order valence-electron chi connectivity index (χ2n) is 9.67. The van der Waals surface area contributed by atoms with E-state index in [2.05, 4.69) is 6.58 Å². The highest BCUT2D eigenvalue weighted by molar-refractivity contribution is 5.90. The van der Waals surface area contributed by atoms with Crippen molar-refractivity contribution < 1.29 is 27.4 Å². The van der Waals surface area contributed by atoms with Gasteiger partial charge in [-0.1, -0.05) is 18.2 Å². The summed E-state index contributed by atoms with van der Waals surface area (Å²) < 4.78 is 55.1. The first-order valence-electron chi connectivity index (χ1n) is 12.6. The van der Waals surface area contributed by atoms with Crippen LogP contribution in [0.4, 0.5) is 13.2 Å². The predicted octanol–water partition coefficient (Wildman–Crippen LogP) is 7.85. The Morgan fingerprint density at radius 3 is 2.17 bits per heavy atom. The van der Waals surface area contributed by atoms with Gasteiger partial charge in [0.2, 0.25) is 0 Å². The van der Waals surface area contributed by atoms with Crippen LogP contribution in [0.5, 0.6) is 5.75 Å². The first-order valence-corrected chi connectivity index (χ1v) is 12.6. The summed E-state index contributed by atoms with van der Waals surface area (Å²) in [5.74, 6) is -2.34. The van der Waals surface area contributed by atoms with Crippen molar-refractivity contribution in [3.8, 4) is 5.75 Å². The predicted molar refractivity (Wildman–Crippen MR) is 129 cm³/mol. The van der Waals surface area contributed by atoms with Gasteiger partial charge in [-0.2, -0.15) is 0 Å². The highest BCUT2D eigenvalue weighted by atomic mass is 19.2. The topological polar surface area (TPSA) is 35.5 Å². The fraction of sp³-hybridized carbons (Fsp3) is 0.483. The quantitative estimate of drug-likeness (QED) is 0.295. The lowest BCUT2D eigenvalue weighted by Gasteiger charge is -2.29. The summed E-state index contributed by atoms with van der Waals surface area (Å²) in [6, 6.07) is 7.79. The molecular formula is C29H33F3O3. The summed E-state index contributed by atoms with van der Waals surface area (Å²) in [4.78, 5) is 12.6. The zero-order valence-corrected chi connectivity index (χ0v) is 20.2. The summed E-state index contributed by atoms with van der Waals surface area (Å²) in [6.45, 7) is 6.14. The summed E-state index contributed by atoms with van der Waals surface area (Å²) in [7, 11) is 0. The molecule has 3 nitrogen and oxygen atoms in total. The first kappa shape index (κ1) is 25.3. The van der Waals surface area contributed by atoms with Crippen LogP contribution in [0.1, 0.15) is 91.6 Å². The van der Waals surface area contributed by atoms with Gasteiger partial charge in [-0.05, 0) is 99.3 Å². The van der Waals surface area contributed by atoms with Gasteiger partial charge < -0.3 is 9.47 Å². The minimum absolute atomic E-state index is 0.0188. The standard InChI is InChI=1S/C29H33F3O3/c1-3-18-5-7-20(8-6-18)24-15-16-25(28(32)27(24)31)29(33)35-21-11-9-19(10-12-21)23-14-13-22(34-4-2)17-26(23)30/h3,13-21H,1,4-12H2,2H3. The molecule has 0 saturated heterocycles. The van der Waals surface area contributed by atoms with Crippen LogP contribution in [0.2, 0.25) is 0 Å². The molecule has 0 heterocycles. The third kappa shape index (κ3) is 5.74. The molecule has 0 aliphatic heterocycles. The molecule has 35 heavy (non-hydrogen) atoms. The van der Waals surface area contributed by atoms with Gasteiger partial charge in [-0.3, -0.25) is 0 Å². The van der Waals surface area contributed by atoms with Crippen molar-refractivity contribution in [2.45, 2.75) is 76.2 Å². The van der Waals surface area contributed by atoms with E-state index in [1.165, 1.54) is 18.2 Å². The SMILES string of the molecule is C=CC1CCC(c2ccc(C(=O)OC3CCC(c4ccc(OCC)cc4F)CC3)c(F)c2F)CC1. The maximum absolute atomic E-state index is 14.9. The number of carbonyl (C=O) groups excluding carboxylic acids is 1. The van der Waals surface area contributed by atoms with E-state index >= 15 is 0 Å². The molecule has 0 unspecified atom stereocenters. The molecule has 0 aromatic heterocycles. The van der Waals surface area contributed by atoms with Crippen molar-refractivity contribution >= 4 is 5.97 Å². The Hall–Kier alpha value is -2.76. The fourth-order valence-electron chi connectivity index (χ4n) is 5.51. The molecule has 2 fully saturated rings. The molecule has 6 heteroatoms. The summed E-state index contributed by atoms with van der Waals surface area (Å²) in [5, 5.41) is 0. The minimum Gasteiger partial charge on any atom is -0.494 e. The lowest BCUT2D eigenvalue weighted by Crippen LogP contribution is -2.25. The molecule has 0 amide bonds. The van der Waals surface area contributed by atoms with E-state index in [9.17, 15) is 18.0 Å². The average molecular weight is 487 g/mol. The molecule has 0 bridgehead atoms. The summed E-state index contributed by atoms with van der Waals surface area (Å²) >= 11 is 0. The van der Waals surface area contributed by atoms with E-state index in [1.807, 2.05) is 13.0 Å². The van der Waals surface area contributed by atoms with Gasteiger partial charge >= 0.3 is 5.97 Å². The van der Waals surface area contributed by atoms with Crippen molar-refractivity contribution in [2.24, 2.45) is 5.92 Å². The van der Waals surface area contributed by atoms with Crippen LogP contribution in [-0.2, 0) is 4.74 Å². The average Bonchev–Trinajstić information content (AvgIpc) is 2.87. The molecule has 2 aromatic rings. The largest absolute Gasteiger partial charge is 0.494 e. The number of ether oxygens (including phenoxy) is 2. The summed E-state index contributed by atoms with van der Waals surface area (Å²) in [6.07, 6.45) is 7.25. The lowest BCUT2D eigenvalue weighted by molar-refractivity contribution is 0.0188. The van der Waals surface area contributed by atoms with Crippen molar-refractivity contribution in [1.82, 2.24) is 0 Å². The molecule has 2 aliphatic carbocycles. The van der Waals surface area contributed by atoms with E-state index in [-0.39, 0.29) is 23.2 Å². The van der Waals surface area contributed by atoms with Gasteiger partial charge in [-0.25, -0.2) is 18.0 Å². The number of rotatable bonds is 7. The Labute approximate surface area is 205 Å². The van der Waals surface area contributed by atoms with Crippen molar-refractivity contribution in [3.05, 3.63) is 77.1 Å². The maximum atomic E-state index is 14.9. The number of hydrogen-bond acceptors (Lipinski definition) is 3. The Kier molecular flexibility index (Phi) is 8.19. The highest BCUT2D eigenvalue weighted by Gasteiger charge is 2.30. The van der Waals surface area contributed by atoms with Crippen LogP contribution in [0, 0.1) is 23.4 Å². The normalized spacial score (nSPS) is 24.6. The number of esters is 1. The van der Waals surface area contributed by atoms with Crippen molar-refractivity contribution in [2.75, 3.05) is 6.61 Å². The van der Waals surface area contributed by atoms with Gasteiger partial charge in [0.25, 0.3) is 0 Å². The van der Waals surface area contributed by atoms with Crippen LogP contribution in [0.3, 0.4) is 0 Å². The third-order valence-corrected chi connectivity index (χ3v) is 7.55. The van der Waals surface area contributed by atoms with Crippen LogP contribution < -0.4 is 4.74 Å². The fourth-order valence-corrected chi connectivity index (χ4v) is 5.51. The monoisotopic (exact) mass is 486 g/mol. The number of halogens is 3. The van der Waals surface area contributed by atoms with E-state index in [0.29, 0.717) is 55.1 Å². The number of hydrogen-bond donors (Lipinski definition) is 0. The summed E-state index contributed by atoms with van der Waals surface area (Å²) in [5.41, 5.74) is 0.592. The van der Waals surface area contributed by atoms with Gasteiger partial charge in [0.1, 0.15) is 17.7 Å². The van der Waals surface area contributed by atoms with Crippen LogP contribution >= 0.6 is 0 Å². The van der Waals surface area contributed by atoms with Gasteiger partial charge in [0.05, 0.1) is 12.2 Å². The number of carbonyl (C=O) groups is 1. The molecule has 2 aromatic carbocycles. The lowest BCUT2D eigenvalue weighted by atomic mass is 9.78. The second-order valence-corrected chi connectivity index (χ2v) is 9.67. The van der Waals surface area contributed by atoms with Gasteiger partial charge in [-0.15, -0.1) is 6.58 Å². The van der Waals surface area contributed by atoms with E-state index in [0.717, 1.165) is 25.7 Å². The van der Waals surface area contributed by atoms with Crippen LogP contribution in [0.15, 0.2) is 43.0 Å². The molecule has 0 N–H and O–H groups in total. The zero-order chi connectivity index (χ0) is 24.9. The molecule has 188 valence electrons. The zero-order valence-electron chi connectivity index (χ0n) is 20.2. The second kappa shape index (κ2) is 11.3. The van der Waals surface area contributed by atoms with E-state index in [4.69, 9.17) is 9.47 Å².